The number of piperidine rings is 1. The highest BCUT2D eigenvalue weighted by atomic mass is 16.5. The molecule has 2 N–H and O–H groups in total. The molecule has 6 rings (SSSR count). The molecule has 0 spiro atoms. The first kappa shape index (κ1) is 26.5. The van der Waals surface area contributed by atoms with Gasteiger partial charge in [0.15, 0.2) is 0 Å². The van der Waals surface area contributed by atoms with E-state index in [2.05, 4.69) is 41.9 Å². The SMILES string of the molecule is C=NCCc1nc2c(C)cc(Oc3cc(N4CCC(N5CCc6cc(OC)ccc6NC5=O)CC4)ncn3)cc2[nH]1. The fourth-order valence-electron chi connectivity index (χ4n) is 5.66. The van der Waals surface area contributed by atoms with Crippen LogP contribution in [0, 0.1) is 6.92 Å². The number of aromatic amines is 1. The Morgan fingerprint density at radius 2 is 1.95 bits per heavy atom. The van der Waals surface area contributed by atoms with E-state index in [4.69, 9.17) is 9.47 Å². The molecule has 0 saturated carbocycles. The normalized spacial score (nSPS) is 15.8. The first-order chi connectivity index (χ1) is 20.0. The van der Waals surface area contributed by atoms with Gasteiger partial charge in [0, 0.05) is 56.5 Å². The second kappa shape index (κ2) is 11.4. The molecule has 4 aromatic rings. The summed E-state index contributed by atoms with van der Waals surface area (Å²) in [7, 11) is 1.66. The van der Waals surface area contributed by atoms with Crippen molar-refractivity contribution in [3.8, 4) is 17.4 Å². The van der Waals surface area contributed by atoms with Crippen LogP contribution in [0.25, 0.3) is 11.0 Å². The number of carbonyl (C=O) groups is 1. The van der Waals surface area contributed by atoms with E-state index in [-0.39, 0.29) is 12.1 Å². The lowest BCUT2D eigenvalue weighted by Gasteiger charge is -2.38. The summed E-state index contributed by atoms with van der Waals surface area (Å²) in [5, 5.41) is 3.09. The Bertz CT molecular complexity index is 1580. The molecule has 2 aliphatic heterocycles. The fraction of sp³-hybridized carbons (Fsp3) is 0.367. The van der Waals surface area contributed by atoms with Crippen molar-refractivity contribution in [3.05, 3.63) is 59.7 Å². The summed E-state index contributed by atoms with van der Waals surface area (Å²) in [6.07, 6.45) is 4.74. The lowest BCUT2D eigenvalue weighted by atomic mass is 10.0. The van der Waals surface area contributed by atoms with Crippen molar-refractivity contribution in [1.29, 1.82) is 0 Å². The van der Waals surface area contributed by atoms with Gasteiger partial charge in [-0.15, -0.1) is 0 Å². The highest BCUT2D eigenvalue weighted by Gasteiger charge is 2.30. The van der Waals surface area contributed by atoms with Gasteiger partial charge in [-0.2, -0.15) is 0 Å². The number of nitrogens with zero attached hydrogens (tertiary/aromatic N) is 6. The number of anilines is 2. The largest absolute Gasteiger partial charge is 0.497 e. The first-order valence-corrected chi connectivity index (χ1v) is 13.9. The van der Waals surface area contributed by atoms with Crippen LogP contribution >= 0.6 is 0 Å². The molecular weight excluding hydrogens is 520 g/mol. The number of ether oxygens (including phenoxy) is 2. The number of aromatic nitrogens is 4. The number of carbonyl (C=O) groups excluding carboxylic acids is 1. The number of rotatable bonds is 8. The van der Waals surface area contributed by atoms with Crippen LogP contribution in [0.1, 0.15) is 29.8 Å². The van der Waals surface area contributed by atoms with Crippen molar-refractivity contribution in [2.45, 2.75) is 38.6 Å². The lowest BCUT2D eigenvalue weighted by Crippen LogP contribution is -2.49. The standard InChI is InChI=1S/C30H34N8O3/c1-19-14-23(16-25-29(19)36-26(34-25)6-10-31-2)41-28-17-27(32-18-33-28)37-11-8-21(9-12-37)38-13-7-20-15-22(40-3)4-5-24(20)35-30(38)39/h4-5,14-18,21H,2,6-13H2,1,3H3,(H,34,36)(H,35,39). The summed E-state index contributed by atoms with van der Waals surface area (Å²) < 4.78 is 11.5. The number of imidazole rings is 1. The molecule has 1 saturated heterocycles. The molecular formula is C30H34N8O3. The van der Waals surface area contributed by atoms with Gasteiger partial charge < -0.3 is 34.6 Å². The van der Waals surface area contributed by atoms with Crippen molar-refractivity contribution in [2.24, 2.45) is 4.99 Å². The van der Waals surface area contributed by atoms with Crippen LogP contribution in [0.15, 0.2) is 47.7 Å². The van der Waals surface area contributed by atoms with Gasteiger partial charge in [0.2, 0.25) is 5.88 Å². The molecule has 0 radical (unpaired) electrons. The Morgan fingerprint density at radius 3 is 2.76 bits per heavy atom. The molecule has 11 nitrogen and oxygen atoms in total. The minimum absolute atomic E-state index is 0.0425. The molecule has 0 atom stereocenters. The first-order valence-electron chi connectivity index (χ1n) is 13.9. The van der Waals surface area contributed by atoms with E-state index in [0.29, 0.717) is 31.1 Å². The number of urea groups is 1. The summed E-state index contributed by atoms with van der Waals surface area (Å²) in [6, 6.07) is 11.7. The molecule has 0 bridgehead atoms. The Kier molecular flexibility index (Phi) is 7.41. The highest BCUT2D eigenvalue weighted by Crippen LogP contribution is 2.31. The maximum absolute atomic E-state index is 13.1. The predicted octanol–water partition coefficient (Wildman–Crippen LogP) is 4.76. The zero-order valence-electron chi connectivity index (χ0n) is 23.4. The topological polar surface area (TPSA) is 121 Å². The van der Waals surface area contributed by atoms with E-state index in [1.807, 2.05) is 48.2 Å². The minimum Gasteiger partial charge on any atom is -0.497 e. The summed E-state index contributed by atoms with van der Waals surface area (Å²) in [5.74, 6) is 3.65. The Labute approximate surface area is 238 Å². The van der Waals surface area contributed by atoms with Gasteiger partial charge in [-0.25, -0.2) is 19.7 Å². The lowest BCUT2D eigenvalue weighted by molar-refractivity contribution is 0.177. The van der Waals surface area contributed by atoms with E-state index >= 15 is 0 Å². The second-order valence-electron chi connectivity index (χ2n) is 10.4. The fourth-order valence-corrected chi connectivity index (χ4v) is 5.66. The highest BCUT2D eigenvalue weighted by molar-refractivity contribution is 5.91. The van der Waals surface area contributed by atoms with Crippen molar-refractivity contribution >= 4 is 35.3 Å². The second-order valence-corrected chi connectivity index (χ2v) is 10.4. The van der Waals surface area contributed by atoms with Crippen LogP contribution in [-0.2, 0) is 12.8 Å². The van der Waals surface area contributed by atoms with Gasteiger partial charge in [-0.05, 0) is 68.3 Å². The average molecular weight is 555 g/mol. The molecule has 2 aliphatic rings. The maximum Gasteiger partial charge on any atom is 0.322 e. The van der Waals surface area contributed by atoms with Crippen molar-refractivity contribution in [2.75, 3.05) is 43.5 Å². The number of benzene rings is 2. The quantitative estimate of drug-likeness (QED) is 0.301. The van der Waals surface area contributed by atoms with E-state index in [0.717, 1.165) is 77.6 Å². The van der Waals surface area contributed by atoms with E-state index < -0.39 is 0 Å². The third-order valence-electron chi connectivity index (χ3n) is 7.82. The van der Waals surface area contributed by atoms with Gasteiger partial charge in [-0.3, -0.25) is 0 Å². The number of nitrogens with one attached hydrogen (secondary N) is 2. The number of hydrogen-bond acceptors (Lipinski definition) is 8. The third kappa shape index (κ3) is 5.65. The van der Waals surface area contributed by atoms with Crippen LogP contribution in [-0.4, -0.2) is 76.9 Å². The minimum atomic E-state index is -0.0425. The van der Waals surface area contributed by atoms with Crippen LogP contribution < -0.4 is 19.7 Å². The van der Waals surface area contributed by atoms with Crippen molar-refractivity contribution in [1.82, 2.24) is 24.8 Å². The monoisotopic (exact) mass is 554 g/mol. The molecule has 212 valence electrons. The van der Waals surface area contributed by atoms with E-state index in [1.54, 1.807) is 7.11 Å². The zero-order chi connectivity index (χ0) is 28.3. The van der Waals surface area contributed by atoms with Gasteiger partial charge in [-0.1, -0.05) is 0 Å². The number of aliphatic imine (C=N–C) groups is 1. The Balaban J connectivity index is 1.10. The van der Waals surface area contributed by atoms with Crippen LogP contribution in [0.5, 0.6) is 17.4 Å². The molecule has 2 aromatic carbocycles. The van der Waals surface area contributed by atoms with Crippen molar-refractivity contribution < 1.29 is 14.3 Å². The number of hydrogen-bond donors (Lipinski definition) is 2. The van der Waals surface area contributed by atoms with Gasteiger partial charge in [0.05, 0.1) is 18.1 Å². The number of aryl methyl sites for hydroxylation is 1. The molecule has 2 aromatic heterocycles. The Morgan fingerprint density at radius 1 is 1.10 bits per heavy atom. The summed E-state index contributed by atoms with van der Waals surface area (Å²) in [5.41, 5.74) is 4.80. The van der Waals surface area contributed by atoms with Crippen LogP contribution in [0.4, 0.5) is 16.3 Å². The Hall–Kier alpha value is -4.67. The maximum atomic E-state index is 13.1. The van der Waals surface area contributed by atoms with Crippen LogP contribution in [0.3, 0.4) is 0 Å². The summed E-state index contributed by atoms with van der Waals surface area (Å²) in [4.78, 5) is 38.1. The summed E-state index contributed by atoms with van der Waals surface area (Å²) >= 11 is 0. The molecule has 11 heteroatoms. The van der Waals surface area contributed by atoms with Gasteiger partial charge in [0.25, 0.3) is 0 Å². The molecule has 4 heterocycles. The smallest absolute Gasteiger partial charge is 0.322 e. The van der Waals surface area contributed by atoms with Gasteiger partial charge >= 0.3 is 6.03 Å². The van der Waals surface area contributed by atoms with Crippen LogP contribution in [0.2, 0.25) is 0 Å². The number of H-pyrrole nitrogens is 1. The van der Waals surface area contributed by atoms with Gasteiger partial charge in [0.1, 0.15) is 29.5 Å². The predicted molar refractivity (Wildman–Crippen MR) is 159 cm³/mol. The van der Waals surface area contributed by atoms with Crippen molar-refractivity contribution in [3.63, 3.8) is 0 Å². The average Bonchev–Trinajstić information content (AvgIpc) is 3.33. The number of fused-ring (bicyclic) bond motifs is 2. The molecule has 0 unspecified atom stereocenters. The molecule has 1 fully saturated rings. The molecule has 2 amide bonds. The van der Waals surface area contributed by atoms with E-state index in [9.17, 15) is 4.79 Å². The summed E-state index contributed by atoms with van der Waals surface area (Å²) in [6.45, 7) is 8.43. The van der Waals surface area contributed by atoms with E-state index in [1.165, 1.54) is 6.33 Å². The molecule has 0 aliphatic carbocycles. The third-order valence-corrected chi connectivity index (χ3v) is 7.82. The number of amides is 2. The number of methoxy groups -OCH3 is 1. The zero-order valence-corrected chi connectivity index (χ0v) is 23.4. The molecule has 41 heavy (non-hydrogen) atoms.